The van der Waals surface area contributed by atoms with Crippen molar-refractivity contribution >= 4 is 29.9 Å². The summed E-state index contributed by atoms with van der Waals surface area (Å²) in [5.74, 6) is 1.06. The number of rotatable bonds is 4. The normalized spacial score (nSPS) is 24.7. The molecule has 3 aliphatic heterocycles. The number of nitrogens with zero attached hydrogens (tertiary/aromatic N) is 4. The lowest BCUT2D eigenvalue weighted by Gasteiger charge is -2.35. The summed E-state index contributed by atoms with van der Waals surface area (Å²) in [4.78, 5) is 12.2. The van der Waals surface area contributed by atoms with Gasteiger partial charge in [-0.3, -0.25) is 14.8 Å². The lowest BCUT2D eigenvalue weighted by atomic mass is 9.99. The molecular weight excluding hydrogens is 477 g/mol. The van der Waals surface area contributed by atoms with Gasteiger partial charge in [-0.25, -0.2) is 0 Å². The van der Waals surface area contributed by atoms with Crippen LogP contribution in [0.15, 0.2) is 29.3 Å². The maximum atomic E-state index is 5.50. The van der Waals surface area contributed by atoms with Gasteiger partial charge < -0.3 is 15.0 Å². The van der Waals surface area contributed by atoms with E-state index in [1.165, 1.54) is 17.5 Å². The highest BCUT2D eigenvalue weighted by atomic mass is 127. The minimum Gasteiger partial charge on any atom is -0.379 e. The van der Waals surface area contributed by atoms with Crippen molar-refractivity contribution in [3.05, 3.63) is 35.4 Å². The molecule has 29 heavy (non-hydrogen) atoms. The Labute approximate surface area is 192 Å². The van der Waals surface area contributed by atoms with Crippen LogP contribution in [0.5, 0.6) is 0 Å². The van der Waals surface area contributed by atoms with Crippen LogP contribution >= 0.6 is 24.0 Å². The number of nitrogens with one attached hydrogen (secondary N) is 1. The molecule has 7 heteroatoms. The van der Waals surface area contributed by atoms with E-state index in [9.17, 15) is 0 Å². The number of morpholine rings is 1. The summed E-state index contributed by atoms with van der Waals surface area (Å²) in [6, 6.07) is 9.99. The van der Waals surface area contributed by atoms with Crippen LogP contribution in [0.3, 0.4) is 0 Å². The number of hydrogen-bond donors (Lipinski definition) is 1. The molecule has 2 atom stereocenters. The highest BCUT2D eigenvalue weighted by Crippen LogP contribution is 2.20. The Morgan fingerprint density at radius 1 is 1.17 bits per heavy atom. The molecule has 0 radical (unpaired) electrons. The predicted octanol–water partition coefficient (Wildman–Crippen LogP) is 2.03. The van der Waals surface area contributed by atoms with Crippen molar-refractivity contribution in [3.63, 3.8) is 0 Å². The second-order valence-electron chi connectivity index (χ2n) is 8.30. The van der Waals surface area contributed by atoms with Crippen molar-refractivity contribution in [3.8, 4) is 0 Å². The van der Waals surface area contributed by atoms with Crippen LogP contribution in [0.4, 0.5) is 0 Å². The molecule has 6 nitrogen and oxygen atoms in total. The molecule has 0 bridgehead atoms. The van der Waals surface area contributed by atoms with E-state index in [0.717, 1.165) is 71.4 Å². The average molecular weight is 513 g/mol. The number of ether oxygens (including phenoxy) is 1. The van der Waals surface area contributed by atoms with Crippen LogP contribution in [0.25, 0.3) is 0 Å². The van der Waals surface area contributed by atoms with Gasteiger partial charge in [0.05, 0.1) is 13.2 Å². The largest absolute Gasteiger partial charge is 0.379 e. The maximum absolute atomic E-state index is 5.50. The molecule has 3 aliphatic rings. The molecule has 0 amide bonds. The van der Waals surface area contributed by atoms with Gasteiger partial charge >= 0.3 is 0 Å². The first-order valence-corrected chi connectivity index (χ1v) is 10.8. The van der Waals surface area contributed by atoms with Gasteiger partial charge in [-0.15, -0.1) is 24.0 Å². The zero-order valence-electron chi connectivity index (χ0n) is 17.8. The van der Waals surface area contributed by atoms with Crippen molar-refractivity contribution in [2.24, 2.45) is 4.99 Å². The molecule has 1 aromatic carbocycles. The lowest BCUT2D eigenvalue weighted by Crippen LogP contribution is -2.49. The molecule has 2 saturated heterocycles. The van der Waals surface area contributed by atoms with E-state index in [-0.39, 0.29) is 24.0 Å². The molecule has 0 aliphatic carbocycles. The molecule has 0 saturated carbocycles. The van der Waals surface area contributed by atoms with Gasteiger partial charge in [-0.2, -0.15) is 0 Å². The Morgan fingerprint density at radius 2 is 1.93 bits per heavy atom. The SMILES string of the molecule is CN=C(NCC(C)N1CCc2ccccc2C1)N1CCC(N2CCOCC2)C1.I. The lowest BCUT2D eigenvalue weighted by molar-refractivity contribution is 0.0194. The first-order valence-electron chi connectivity index (χ1n) is 10.8. The Bertz CT molecular complexity index is 679. The standard InChI is InChI=1S/C22H35N5O.HI/c1-18(26-9-7-19-5-3-4-6-20(19)16-26)15-24-22(23-2)27-10-8-21(17-27)25-11-13-28-14-12-25;/h3-6,18,21H,7-17H2,1-2H3,(H,23,24);1H. The average Bonchev–Trinajstić information content (AvgIpc) is 3.24. The van der Waals surface area contributed by atoms with Gasteiger partial charge in [-0.1, -0.05) is 24.3 Å². The molecule has 0 spiro atoms. The molecule has 1 aromatic rings. The van der Waals surface area contributed by atoms with Crippen LogP contribution in [0, 0.1) is 0 Å². The Balaban J connectivity index is 0.00000240. The first kappa shape index (κ1) is 22.8. The van der Waals surface area contributed by atoms with E-state index in [1.807, 2.05) is 7.05 Å². The van der Waals surface area contributed by atoms with E-state index < -0.39 is 0 Å². The minimum atomic E-state index is 0. The third kappa shape index (κ3) is 5.62. The number of hydrogen-bond acceptors (Lipinski definition) is 4. The molecule has 1 N–H and O–H groups in total. The quantitative estimate of drug-likeness (QED) is 0.380. The topological polar surface area (TPSA) is 43.3 Å². The highest BCUT2D eigenvalue weighted by molar-refractivity contribution is 14.0. The van der Waals surface area contributed by atoms with E-state index >= 15 is 0 Å². The summed E-state index contributed by atoms with van der Waals surface area (Å²) in [6.45, 7) is 11.5. The molecule has 3 heterocycles. The Hall–Kier alpha value is -0.900. The summed E-state index contributed by atoms with van der Waals surface area (Å²) in [5, 5.41) is 3.65. The molecule has 4 rings (SSSR count). The molecule has 2 fully saturated rings. The fraction of sp³-hybridized carbons (Fsp3) is 0.682. The van der Waals surface area contributed by atoms with Gasteiger partial charge in [-0.05, 0) is 30.9 Å². The van der Waals surface area contributed by atoms with Crippen LogP contribution in [-0.2, 0) is 17.7 Å². The zero-order chi connectivity index (χ0) is 19.3. The van der Waals surface area contributed by atoms with Crippen molar-refractivity contribution < 1.29 is 4.74 Å². The molecule has 162 valence electrons. The number of likely N-dealkylation sites (tertiary alicyclic amines) is 1. The Kier molecular flexibility index (Phi) is 8.58. The number of guanidine groups is 1. The van der Waals surface area contributed by atoms with Crippen molar-refractivity contribution in [2.45, 2.75) is 38.4 Å². The van der Waals surface area contributed by atoms with Gasteiger partial charge in [0.2, 0.25) is 0 Å². The zero-order valence-corrected chi connectivity index (χ0v) is 20.2. The number of benzene rings is 1. The van der Waals surface area contributed by atoms with E-state index in [4.69, 9.17) is 4.74 Å². The smallest absolute Gasteiger partial charge is 0.193 e. The van der Waals surface area contributed by atoms with Gasteiger partial charge in [0.25, 0.3) is 0 Å². The van der Waals surface area contributed by atoms with Crippen LogP contribution in [0.2, 0.25) is 0 Å². The van der Waals surface area contributed by atoms with Crippen LogP contribution in [0.1, 0.15) is 24.5 Å². The monoisotopic (exact) mass is 513 g/mol. The van der Waals surface area contributed by atoms with E-state index in [0.29, 0.717) is 12.1 Å². The molecular formula is C22H36IN5O. The summed E-state index contributed by atoms with van der Waals surface area (Å²) >= 11 is 0. The summed E-state index contributed by atoms with van der Waals surface area (Å²) in [7, 11) is 1.91. The summed E-state index contributed by atoms with van der Waals surface area (Å²) in [5.41, 5.74) is 3.00. The first-order chi connectivity index (χ1) is 13.7. The second-order valence-corrected chi connectivity index (χ2v) is 8.30. The van der Waals surface area contributed by atoms with E-state index in [2.05, 4.69) is 56.2 Å². The molecule has 2 unspecified atom stereocenters. The third-order valence-electron chi connectivity index (χ3n) is 6.58. The summed E-state index contributed by atoms with van der Waals surface area (Å²) in [6.07, 6.45) is 2.38. The number of halogens is 1. The summed E-state index contributed by atoms with van der Waals surface area (Å²) < 4.78 is 5.50. The fourth-order valence-corrected chi connectivity index (χ4v) is 4.77. The van der Waals surface area contributed by atoms with E-state index in [1.54, 1.807) is 0 Å². The van der Waals surface area contributed by atoms with Gasteiger partial charge in [0.15, 0.2) is 5.96 Å². The maximum Gasteiger partial charge on any atom is 0.193 e. The highest BCUT2D eigenvalue weighted by Gasteiger charge is 2.30. The van der Waals surface area contributed by atoms with Crippen LogP contribution < -0.4 is 5.32 Å². The number of fused-ring (bicyclic) bond motifs is 1. The van der Waals surface area contributed by atoms with Gasteiger partial charge in [0, 0.05) is 64.9 Å². The molecule has 0 aromatic heterocycles. The fourth-order valence-electron chi connectivity index (χ4n) is 4.77. The third-order valence-corrected chi connectivity index (χ3v) is 6.58. The second kappa shape index (κ2) is 10.9. The van der Waals surface area contributed by atoms with Crippen molar-refractivity contribution in [1.29, 1.82) is 0 Å². The minimum absolute atomic E-state index is 0. The van der Waals surface area contributed by atoms with Crippen molar-refractivity contribution in [2.75, 3.05) is 59.5 Å². The number of aliphatic imine (C=N–C) groups is 1. The van der Waals surface area contributed by atoms with Gasteiger partial charge in [0.1, 0.15) is 0 Å². The predicted molar refractivity (Wildman–Crippen MR) is 129 cm³/mol. The van der Waals surface area contributed by atoms with Crippen molar-refractivity contribution in [1.82, 2.24) is 20.0 Å². The van der Waals surface area contributed by atoms with Crippen LogP contribution in [-0.4, -0.2) is 92.3 Å². The Morgan fingerprint density at radius 3 is 2.69 bits per heavy atom.